The highest BCUT2D eigenvalue weighted by Gasteiger charge is 2.32. The van der Waals surface area contributed by atoms with E-state index in [1.54, 1.807) is 12.1 Å². The number of aliphatic hydroxyl groups is 1. The van der Waals surface area contributed by atoms with Crippen LogP contribution in [0.2, 0.25) is 0 Å². The Morgan fingerprint density at radius 1 is 1.27 bits per heavy atom. The third-order valence-corrected chi connectivity index (χ3v) is 4.09. The van der Waals surface area contributed by atoms with Gasteiger partial charge in [0.2, 0.25) is 0 Å². The molecule has 26 heavy (non-hydrogen) atoms. The molecule has 0 saturated carbocycles. The summed E-state index contributed by atoms with van der Waals surface area (Å²) in [5.74, 6) is -1.67. The Balaban J connectivity index is 2.16. The summed E-state index contributed by atoms with van der Waals surface area (Å²) in [6, 6.07) is 9.48. The molecule has 132 valence electrons. The number of nitrogens with two attached hydrogens (primary N) is 1. The van der Waals surface area contributed by atoms with Gasteiger partial charge in [-0.25, -0.2) is 4.39 Å². The maximum atomic E-state index is 13.1. The largest absolute Gasteiger partial charge is 0.506 e. The minimum atomic E-state index is -0.874. The number of hydrogen-bond donors (Lipinski definition) is 2. The Morgan fingerprint density at radius 3 is 2.50 bits per heavy atom. The number of benzene rings is 2. The Hall–Kier alpha value is -3.68. The molecule has 0 aromatic heterocycles. The summed E-state index contributed by atoms with van der Waals surface area (Å²) in [7, 11) is 0. The summed E-state index contributed by atoms with van der Waals surface area (Å²) in [5.41, 5.74) is 6.30. The predicted molar refractivity (Wildman–Crippen MR) is 93.6 cm³/mol. The number of nitro benzene ring substituents is 1. The van der Waals surface area contributed by atoms with Crippen LogP contribution in [0.5, 0.6) is 0 Å². The molecule has 0 unspecified atom stereocenters. The SMILES string of the molecule is C=C1C(C(N)=O)=C(O)c2ccc([N+](=O)[O-])cc2N1Cc1ccc(F)cc1. The van der Waals surface area contributed by atoms with Crippen molar-refractivity contribution in [3.63, 3.8) is 0 Å². The average Bonchev–Trinajstić information content (AvgIpc) is 2.59. The normalized spacial score (nSPS) is 13.6. The lowest BCUT2D eigenvalue weighted by molar-refractivity contribution is -0.384. The van der Waals surface area contributed by atoms with E-state index in [4.69, 9.17) is 5.73 Å². The summed E-state index contributed by atoms with van der Waals surface area (Å²) in [6.07, 6.45) is 0. The minimum Gasteiger partial charge on any atom is -0.506 e. The van der Waals surface area contributed by atoms with Crippen LogP contribution in [0, 0.1) is 15.9 Å². The molecule has 3 rings (SSSR count). The van der Waals surface area contributed by atoms with Crippen LogP contribution < -0.4 is 10.6 Å². The van der Waals surface area contributed by atoms with Crippen LogP contribution in [0.3, 0.4) is 0 Å². The molecule has 0 radical (unpaired) electrons. The van der Waals surface area contributed by atoms with Crippen LogP contribution in [0.4, 0.5) is 15.8 Å². The van der Waals surface area contributed by atoms with Gasteiger partial charge >= 0.3 is 0 Å². The van der Waals surface area contributed by atoms with Crippen molar-refractivity contribution < 1.29 is 19.2 Å². The lowest BCUT2D eigenvalue weighted by Crippen LogP contribution is -2.32. The van der Waals surface area contributed by atoms with E-state index in [-0.39, 0.29) is 34.8 Å². The van der Waals surface area contributed by atoms with E-state index in [1.165, 1.54) is 35.2 Å². The van der Waals surface area contributed by atoms with Gasteiger partial charge in [0.1, 0.15) is 17.1 Å². The highest BCUT2D eigenvalue weighted by Crippen LogP contribution is 2.41. The molecule has 1 heterocycles. The molecule has 1 aliphatic heterocycles. The molecule has 0 aliphatic carbocycles. The molecular weight excluding hydrogens is 341 g/mol. The highest BCUT2D eigenvalue weighted by atomic mass is 19.1. The maximum Gasteiger partial charge on any atom is 0.271 e. The summed E-state index contributed by atoms with van der Waals surface area (Å²) in [5, 5.41) is 21.5. The molecule has 1 amide bonds. The van der Waals surface area contributed by atoms with Crippen LogP contribution in [0.25, 0.3) is 5.76 Å². The number of halogens is 1. The fourth-order valence-corrected chi connectivity index (χ4v) is 2.82. The first-order valence-corrected chi connectivity index (χ1v) is 7.52. The van der Waals surface area contributed by atoms with Crippen molar-refractivity contribution in [1.82, 2.24) is 0 Å². The molecule has 1 aliphatic rings. The fraction of sp³-hybridized carbons (Fsp3) is 0.0556. The maximum absolute atomic E-state index is 13.1. The third-order valence-electron chi connectivity index (χ3n) is 4.09. The first-order chi connectivity index (χ1) is 12.3. The predicted octanol–water partition coefficient (Wildman–Crippen LogP) is 3.02. The van der Waals surface area contributed by atoms with E-state index >= 15 is 0 Å². The van der Waals surface area contributed by atoms with Crippen LogP contribution in [0.1, 0.15) is 11.1 Å². The molecule has 0 spiro atoms. The van der Waals surface area contributed by atoms with Gasteiger partial charge in [0.25, 0.3) is 11.6 Å². The van der Waals surface area contributed by atoms with Crippen molar-refractivity contribution >= 4 is 23.0 Å². The number of rotatable bonds is 4. The van der Waals surface area contributed by atoms with Crippen molar-refractivity contribution in [2.75, 3.05) is 4.90 Å². The van der Waals surface area contributed by atoms with E-state index in [9.17, 15) is 24.4 Å². The smallest absolute Gasteiger partial charge is 0.271 e. The van der Waals surface area contributed by atoms with Crippen LogP contribution in [-0.2, 0) is 11.3 Å². The quantitative estimate of drug-likeness (QED) is 0.647. The minimum absolute atomic E-state index is 0.104. The molecule has 8 heteroatoms. The van der Waals surface area contributed by atoms with Gasteiger partial charge in [-0.3, -0.25) is 14.9 Å². The zero-order valence-electron chi connectivity index (χ0n) is 13.5. The molecule has 0 bridgehead atoms. The van der Waals surface area contributed by atoms with Crippen molar-refractivity contribution in [2.45, 2.75) is 6.54 Å². The number of amides is 1. The van der Waals surface area contributed by atoms with Crippen molar-refractivity contribution in [3.05, 3.63) is 87.4 Å². The highest BCUT2D eigenvalue weighted by molar-refractivity contribution is 6.07. The van der Waals surface area contributed by atoms with Gasteiger partial charge in [-0.05, 0) is 23.8 Å². The van der Waals surface area contributed by atoms with Crippen molar-refractivity contribution in [2.24, 2.45) is 5.73 Å². The number of carbonyl (C=O) groups excluding carboxylic acids is 1. The van der Waals surface area contributed by atoms with Gasteiger partial charge in [-0.15, -0.1) is 0 Å². The van der Waals surface area contributed by atoms with E-state index < -0.39 is 16.6 Å². The van der Waals surface area contributed by atoms with Gasteiger partial charge < -0.3 is 15.7 Å². The monoisotopic (exact) mass is 355 g/mol. The molecule has 7 nitrogen and oxygen atoms in total. The third kappa shape index (κ3) is 2.88. The lowest BCUT2D eigenvalue weighted by atomic mass is 9.96. The molecule has 0 atom stereocenters. The molecule has 2 aromatic rings. The number of aliphatic hydroxyl groups excluding tert-OH is 1. The molecular formula is C18H14FN3O4. The zero-order chi connectivity index (χ0) is 19.0. The first kappa shape index (κ1) is 17.2. The van der Waals surface area contributed by atoms with E-state index in [2.05, 4.69) is 6.58 Å². The Labute approximate surface area is 147 Å². The Kier molecular flexibility index (Phi) is 4.17. The second-order valence-electron chi connectivity index (χ2n) is 5.71. The number of hydrogen-bond acceptors (Lipinski definition) is 5. The summed E-state index contributed by atoms with van der Waals surface area (Å²) >= 11 is 0. The molecule has 3 N–H and O–H groups in total. The molecule has 0 saturated heterocycles. The lowest BCUT2D eigenvalue weighted by Gasteiger charge is -2.33. The van der Waals surface area contributed by atoms with E-state index in [0.29, 0.717) is 11.3 Å². The van der Waals surface area contributed by atoms with Gasteiger partial charge in [0.05, 0.1) is 16.3 Å². The summed E-state index contributed by atoms with van der Waals surface area (Å²) in [6.45, 7) is 3.95. The van der Waals surface area contributed by atoms with Crippen LogP contribution >= 0.6 is 0 Å². The van der Waals surface area contributed by atoms with E-state index in [0.717, 1.165) is 0 Å². The number of carbonyl (C=O) groups is 1. The van der Waals surface area contributed by atoms with Crippen molar-refractivity contribution in [3.8, 4) is 0 Å². The fourth-order valence-electron chi connectivity index (χ4n) is 2.82. The van der Waals surface area contributed by atoms with Gasteiger partial charge in [-0.1, -0.05) is 18.7 Å². The average molecular weight is 355 g/mol. The van der Waals surface area contributed by atoms with Crippen molar-refractivity contribution in [1.29, 1.82) is 0 Å². The van der Waals surface area contributed by atoms with E-state index in [1.807, 2.05) is 0 Å². The van der Waals surface area contributed by atoms with Gasteiger partial charge in [0, 0.05) is 24.2 Å². The first-order valence-electron chi connectivity index (χ1n) is 7.52. The topological polar surface area (TPSA) is 110 Å². The Morgan fingerprint density at radius 2 is 1.92 bits per heavy atom. The van der Waals surface area contributed by atoms with Crippen LogP contribution in [-0.4, -0.2) is 15.9 Å². The molecule has 0 fully saturated rings. The van der Waals surface area contributed by atoms with Gasteiger partial charge in [0.15, 0.2) is 0 Å². The van der Waals surface area contributed by atoms with Gasteiger partial charge in [-0.2, -0.15) is 0 Å². The second-order valence-corrected chi connectivity index (χ2v) is 5.71. The summed E-state index contributed by atoms with van der Waals surface area (Å²) in [4.78, 5) is 23.8. The standard InChI is InChI=1S/C18H14FN3O4/c1-10-16(18(20)24)17(23)14-7-6-13(22(25)26)8-15(14)21(10)9-11-2-4-12(19)5-3-11/h2-8,23H,1,9H2,(H2,20,24). The number of nitro groups is 1. The number of fused-ring (bicyclic) bond motifs is 1. The van der Waals surface area contributed by atoms with Crippen LogP contribution in [0.15, 0.2) is 60.3 Å². The Bertz CT molecular complexity index is 967. The molecule has 2 aromatic carbocycles. The zero-order valence-corrected chi connectivity index (χ0v) is 13.5. The number of anilines is 1. The number of nitrogens with zero attached hydrogens (tertiary/aromatic N) is 2. The number of primary amides is 1. The second kappa shape index (κ2) is 6.32. The summed E-state index contributed by atoms with van der Waals surface area (Å²) < 4.78 is 13.1. The number of non-ortho nitro benzene ring substituents is 1.